The van der Waals surface area contributed by atoms with Crippen molar-refractivity contribution in [2.45, 2.75) is 11.3 Å². The molecule has 0 spiro atoms. The van der Waals surface area contributed by atoms with Crippen LogP contribution in [0.1, 0.15) is 15.9 Å². The second kappa shape index (κ2) is 7.70. The molecule has 0 fully saturated rings. The maximum absolute atomic E-state index is 12.4. The SMILES string of the molecule is O=C(NO)c1ccc(CCNS(=O)(=O)c2ccc3oc(=O)ccc3c2)cc1. The molecule has 2 aromatic carbocycles. The monoisotopic (exact) mass is 388 g/mol. The zero-order valence-corrected chi connectivity index (χ0v) is 14.8. The van der Waals surface area contributed by atoms with Crippen LogP contribution in [-0.2, 0) is 16.4 Å². The molecule has 3 N–H and O–H groups in total. The molecule has 0 aliphatic carbocycles. The van der Waals surface area contributed by atoms with Gasteiger partial charge in [-0.25, -0.2) is 23.4 Å². The molecular weight excluding hydrogens is 372 g/mol. The van der Waals surface area contributed by atoms with Gasteiger partial charge in [0.25, 0.3) is 5.91 Å². The topological polar surface area (TPSA) is 126 Å². The van der Waals surface area contributed by atoms with Crippen LogP contribution in [0.5, 0.6) is 0 Å². The molecule has 8 nitrogen and oxygen atoms in total. The summed E-state index contributed by atoms with van der Waals surface area (Å²) in [6, 6.07) is 13.4. The van der Waals surface area contributed by atoms with Crippen LogP contribution in [0.4, 0.5) is 0 Å². The molecule has 1 aromatic heterocycles. The fraction of sp³-hybridized carbons (Fsp3) is 0.111. The second-order valence-electron chi connectivity index (χ2n) is 5.74. The number of carbonyl (C=O) groups excluding carboxylic acids is 1. The molecular formula is C18H16N2O6S. The summed E-state index contributed by atoms with van der Waals surface area (Å²) >= 11 is 0. The van der Waals surface area contributed by atoms with E-state index in [-0.39, 0.29) is 11.4 Å². The molecule has 0 bridgehead atoms. The normalized spacial score (nSPS) is 11.4. The van der Waals surface area contributed by atoms with E-state index in [0.717, 1.165) is 5.56 Å². The lowest BCUT2D eigenvalue weighted by Crippen LogP contribution is -2.26. The van der Waals surface area contributed by atoms with Crippen molar-refractivity contribution < 1.29 is 22.8 Å². The third-order valence-corrected chi connectivity index (χ3v) is 5.38. The van der Waals surface area contributed by atoms with E-state index in [1.165, 1.54) is 42.5 Å². The Balaban J connectivity index is 1.67. The van der Waals surface area contributed by atoms with E-state index < -0.39 is 21.6 Å². The van der Waals surface area contributed by atoms with E-state index in [1.807, 2.05) is 0 Å². The van der Waals surface area contributed by atoms with Gasteiger partial charge in [0.15, 0.2) is 0 Å². The third kappa shape index (κ3) is 4.40. The van der Waals surface area contributed by atoms with Gasteiger partial charge in [0.05, 0.1) is 4.90 Å². The summed E-state index contributed by atoms with van der Waals surface area (Å²) < 4.78 is 32.4. The number of nitrogens with one attached hydrogen (secondary N) is 2. The summed E-state index contributed by atoms with van der Waals surface area (Å²) in [6.07, 6.45) is 0.419. The molecule has 1 heterocycles. The fourth-order valence-corrected chi connectivity index (χ4v) is 3.58. The van der Waals surface area contributed by atoms with Gasteiger partial charge in [0.2, 0.25) is 10.0 Å². The first-order valence-corrected chi connectivity index (χ1v) is 9.44. The molecule has 9 heteroatoms. The predicted molar refractivity (Wildman–Crippen MR) is 97.1 cm³/mol. The van der Waals surface area contributed by atoms with E-state index >= 15 is 0 Å². The molecule has 0 saturated carbocycles. The highest BCUT2D eigenvalue weighted by molar-refractivity contribution is 7.89. The number of sulfonamides is 1. The van der Waals surface area contributed by atoms with Gasteiger partial charge in [-0.15, -0.1) is 0 Å². The van der Waals surface area contributed by atoms with Gasteiger partial charge in [-0.2, -0.15) is 0 Å². The van der Waals surface area contributed by atoms with Crippen LogP contribution < -0.4 is 15.8 Å². The van der Waals surface area contributed by atoms with E-state index in [4.69, 9.17) is 9.62 Å². The van der Waals surface area contributed by atoms with E-state index in [9.17, 15) is 18.0 Å². The molecule has 0 radical (unpaired) electrons. The molecule has 0 saturated heterocycles. The van der Waals surface area contributed by atoms with Crippen molar-refractivity contribution in [2.75, 3.05) is 6.54 Å². The molecule has 140 valence electrons. The van der Waals surface area contributed by atoms with Crippen molar-refractivity contribution in [3.05, 3.63) is 76.1 Å². The minimum atomic E-state index is -3.72. The second-order valence-corrected chi connectivity index (χ2v) is 7.51. The Hall–Kier alpha value is -3.01. The number of fused-ring (bicyclic) bond motifs is 1. The molecule has 0 aliphatic rings. The average molecular weight is 388 g/mol. The maximum Gasteiger partial charge on any atom is 0.336 e. The van der Waals surface area contributed by atoms with Crippen LogP contribution in [0.25, 0.3) is 11.0 Å². The van der Waals surface area contributed by atoms with Gasteiger partial charge < -0.3 is 4.42 Å². The van der Waals surface area contributed by atoms with Crippen molar-refractivity contribution in [3.63, 3.8) is 0 Å². The standard InChI is InChI=1S/C18H16N2O6S/c21-17-8-5-14-11-15(6-7-16(14)26-17)27(24,25)19-10-9-12-1-3-13(4-2-12)18(22)20-23/h1-8,11,19,23H,9-10H2,(H,20,22). The highest BCUT2D eigenvalue weighted by atomic mass is 32.2. The lowest BCUT2D eigenvalue weighted by molar-refractivity contribution is 0.0706. The largest absolute Gasteiger partial charge is 0.423 e. The number of hydrogen-bond acceptors (Lipinski definition) is 6. The van der Waals surface area contributed by atoms with Crippen molar-refractivity contribution in [2.24, 2.45) is 0 Å². The zero-order valence-electron chi connectivity index (χ0n) is 14.0. The average Bonchev–Trinajstić information content (AvgIpc) is 2.67. The molecule has 27 heavy (non-hydrogen) atoms. The number of carbonyl (C=O) groups is 1. The number of benzene rings is 2. The highest BCUT2D eigenvalue weighted by Crippen LogP contribution is 2.17. The lowest BCUT2D eigenvalue weighted by Gasteiger charge is -2.08. The number of hydroxylamine groups is 1. The number of amides is 1. The van der Waals surface area contributed by atoms with Crippen LogP contribution in [-0.4, -0.2) is 26.1 Å². The van der Waals surface area contributed by atoms with Gasteiger partial charge in [-0.1, -0.05) is 12.1 Å². The van der Waals surface area contributed by atoms with Crippen LogP contribution in [0.3, 0.4) is 0 Å². The minimum absolute atomic E-state index is 0.0683. The molecule has 3 rings (SSSR count). The number of hydrogen-bond donors (Lipinski definition) is 3. The molecule has 0 atom stereocenters. The summed E-state index contributed by atoms with van der Waals surface area (Å²) in [4.78, 5) is 22.5. The van der Waals surface area contributed by atoms with Gasteiger partial charge in [0.1, 0.15) is 5.58 Å². The maximum atomic E-state index is 12.4. The van der Waals surface area contributed by atoms with Gasteiger partial charge in [-0.05, 0) is 48.4 Å². The highest BCUT2D eigenvalue weighted by Gasteiger charge is 2.14. The van der Waals surface area contributed by atoms with Gasteiger partial charge in [-0.3, -0.25) is 10.0 Å². The van der Waals surface area contributed by atoms with E-state index in [1.54, 1.807) is 17.6 Å². The van der Waals surface area contributed by atoms with E-state index in [2.05, 4.69) is 4.72 Å². The van der Waals surface area contributed by atoms with Crippen molar-refractivity contribution in [1.82, 2.24) is 10.2 Å². The Kier molecular flexibility index (Phi) is 5.36. The summed E-state index contributed by atoms with van der Waals surface area (Å²) in [7, 11) is -3.72. The Labute approximate surface area is 154 Å². The first kappa shape index (κ1) is 18.8. The summed E-state index contributed by atoms with van der Waals surface area (Å²) in [5, 5.41) is 9.09. The number of rotatable bonds is 6. The van der Waals surface area contributed by atoms with Crippen LogP contribution in [0.15, 0.2) is 68.7 Å². The fourth-order valence-electron chi connectivity index (χ4n) is 2.52. The Bertz CT molecular complexity index is 1140. The lowest BCUT2D eigenvalue weighted by atomic mass is 10.1. The molecule has 1 amide bonds. The summed E-state index contributed by atoms with van der Waals surface area (Å²) in [5.74, 6) is -0.616. The summed E-state index contributed by atoms with van der Waals surface area (Å²) in [5.41, 5.74) is 2.48. The van der Waals surface area contributed by atoms with Crippen molar-refractivity contribution in [3.8, 4) is 0 Å². The van der Waals surface area contributed by atoms with Crippen molar-refractivity contribution >= 4 is 26.9 Å². The van der Waals surface area contributed by atoms with Crippen LogP contribution >= 0.6 is 0 Å². The minimum Gasteiger partial charge on any atom is -0.423 e. The summed E-state index contributed by atoms with van der Waals surface area (Å²) in [6.45, 7) is 0.162. The Morgan fingerprint density at radius 1 is 1.04 bits per heavy atom. The van der Waals surface area contributed by atoms with Crippen LogP contribution in [0, 0.1) is 0 Å². The smallest absolute Gasteiger partial charge is 0.336 e. The third-order valence-electron chi connectivity index (χ3n) is 3.92. The predicted octanol–water partition coefficient (Wildman–Crippen LogP) is 1.43. The van der Waals surface area contributed by atoms with Crippen LogP contribution in [0.2, 0.25) is 0 Å². The first-order chi connectivity index (χ1) is 12.9. The van der Waals surface area contributed by atoms with Gasteiger partial charge in [0, 0.05) is 23.6 Å². The van der Waals surface area contributed by atoms with Crippen molar-refractivity contribution in [1.29, 1.82) is 0 Å². The quantitative estimate of drug-likeness (QED) is 0.333. The Morgan fingerprint density at radius 2 is 1.78 bits per heavy atom. The van der Waals surface area contributed by atoms with Gasteiger partial charge >= 0.3 is 5.63 Å². The van der Waals surface area contributed by atoms with E-state index in [0.29, 0.717) is 23.0 Å². The molecule has 0 unspecified atom stereocenters. The molecule has 0 aliphatic heterocycles. The first-order valence-electron chi connectivity index (χ1n) is 7.96. The zero-order chi connectivity index (χ0) is 19.4. The molecule has 3 aromatic rings. The Morgan fingerprint density at radius 3 is 2.48 bits per heavy atom.